The molecule has 0 radical (unpaired) electrons. The Morgan fingerprint density at radius 1 is 0.963 bits per heavy atom. The molecule has 6 nitrogen and oxygen atoms in total. The van der Waals surface area contributed by atoms with Crippen molar-refractivity contribution in [1.29, 1.82) is 0 Å². The summed E-state index contributed by atoms with van der Waals surface area (Å²) in [6, 6.07) is 7.15. The summed E-state index contributed by atoms with van der Waals surface area (Å²) in [5, 5.41) is 9.65. The van der Waals surface area contributed by atoms with E-state index in [0.717, 1.165) is 16.9 Å². The van der Waals surface area contributed by atoms with Crippen LogP contribution in [0.25, 0.3) is 0 Å². The largest absolute Gasteiger partial charge is 0.494 e. The number of nitrogens with one attached hydrogen (secondary N) is 1. The Kier molecular flexibility index (Phi) is 5.14. The quantitative estimate of drug-likeness (QED) is 0.772. The van der Waals surface area contributed by atoms with E-state index in [1.54, 1.807) is 32.9 Å². The standard InChI is InChI=1S/C20H19NO5S/c1-10-11(2)18(23)15(12(3)17(10)22)9-26-14-6-4-13(5-7-14)8-16-19(24)21-20(25)27-16/h4-7,24H,8-9H2,1-3H3,(H,21,25). The molecule has 0 atom stereocenters. The molecule has 0 spiro atoms. The number of allylic oxidation sites excluding steroid dienone is 3. The van der Waals surface area contributed by atoms with Gasteiger partial charge >= 0.3 is 4.87 Å². The number of Topliss-reactive ketones (excluding diaryl/α,β-unsaturated/α-hetero) is 2. The van der Waals surface area contributed by atoms with Gasteiger partial charge in [0.2, 0.25) is 5.88 Å². The predicted octanol–water partition coefficient (Wildman–Crippen LogP) is 2.92. The lowest BCUT2D eigenvalue weighted by molar-refractivity contribution is -0.116. The zero-order valence-electron chi connectivity index (χ0n) is 15.2. The summed E-state index contributed by atoms with van der Waals surface area (Å²) in [6.45, 7) is 4.99. The smallest absolute Gasteiger partial charge is 0.307 e. The average Bonchev–Trinajstić information content (AvgIpc) is 2.96. The number of hydrogen-bond donors (Lipinski definition) is 2. The number of benzene rings is 1. The molecule has 0 bridgehead atoms. The molecule has 1 heterocycles. The molecule has 3 rings (SSSR count). The molecule has 0 saturated heterocycles. The normalized spacial score (nSPS) is 14.9. The van der Waals surface area contributed by atoms with Gasteiger partial charge in [0.25, 0.3) is 0 Å². The van der Waals surface area contributed by atoms with Gasteiger partial charge in [-0.3, -0.25) is 19.4 Å². The second-order valence-electron chi connectivity index (χ2n) is 6.41. The third-order valence-electron chi connectivity index (χ3n) is 4.68. The molecular formula is C20H19NO5S. The average molecular weight is 385 g/mol. The molecule has 0 fully saturated rings. The van der Waals surface area contributed by atoms with Crippen molar-refractivity contribution in [2.45, 2.75) is 27.2 Å². The second kappa shape index (κ2) is 7.36. The van der Waals surface area contributed by atoms with E-state index in [1.165, 1.54) is 0 Å². The lowest BCUT2D eigenvalue weighted by Crippen LogP contribution is -2.24. The summed E-state index contributed by atoms with van der Waals surface area (Å²) in [7, 11) is 0. The van der Waals surface area contributed by atoms with E-state index in [4.69, 9.17) is 4.74 Å². The van der Waals surface area contributed by atoms with Crippen LogP contribution in [0.15, 0.2) is 51.4 Å². The van der Waals surface area contributed by atoms with Crippen LogP contribution in [0.4, 0.5) is 0 Å². The first-order valence-electron chi connectivity index (χ1n) is 8.37. The number of ether oxygens (including phenoxy) is 1. The van der Waals surface area contributed by atoms with E-state index < -0.39 is 0 Å². The number of carbonyl (C=O) groups is 2. The number of carbonyl (C=O) groups excluding carboxylic acids is 2. The first-order chi connectivity index (χ1) is 12.8. The van der Waals surface area contributed by atoms with Gasteiger partial charge in [-0.1, -0.05) is 23.5 Å². The van der Waals surface area contributed by atoms with Crippen molar-refractivity contribution >= 4 is 22.9 Å². The Hall–Kier alpha value is -2.93. The monoisotopic (exact) mass is 385 g/mol. The summed E-state index contributed by atoms with van der Waals surface area (Å²) in [5.41, 5.74) is 2.67. The predicted molar refractivity (Wildman–Crippen MR) is 102 cm³/mol. The summed E-state index contributed by atoms with van der Waals surface area (Å²) in [5.74, 6) is 0.187. The van der Waals surface area contributed by atoms with E-state index in [9.17, 15) is 19.5 Å². The highest BCUT2D eigenvalue weighted by atomic mass is 32.1. The van der Waals surface area contributed by atoms with E-state index in [-0.39, 0.29) is 28.9 Å². The lowest BCUT2D eigenvalue weighted by Gasteiger charge is -2.19. The molecule has 0 unspecified atom stereocenters. The molecule has 2 N–H and O–H groups in total. The van der Waals surface area contributed by atoms with Crippen LogP contribution < -0.4 is 9.61 Å². The number of ketones is 2. The fourth-order valence-corrected chi connectivity index (χ4v) is 3.60. The van der Waals surface area contributed by atoms with Crippen LogP contribution in [0.5, 0.6) is 11.6 Å². The fraction of sp³-hybridized carbons (Fsp3) is 0.250. The van der Waals surface area contributed by atoms with Gasteiger partial charge in [-0.25, -0.2) is 0 Å². The van der Waals surface area contributed by atoms with Crippen molar-refractivity contribution in [3.63, 3.8) is 0 Å². The summed E-state index contributed by atoms with van der Waals surface area (Å²) >= 11 is 0.971. The molecule has 140 valence electrons. The first-order valence-corrected chi connectivity index (χ1v) is 9.19. The van der Waals surface area contributed by atoms with E-state index in [1.807, 2.05) is 12.1 Å². The maximum Gasteiger partial charge on any atom is 0.307 e. The number of thiazole rings is 1. The highest BCUT2D eigenvalue weighted by Gasteiger charge is 2.28. The van der Waals surface area contributed by atoms with Crippen LogP contribution in [0, 0.1) is 0 Å². The van der Waals surface area contributed by atoms with E-state index in [0.29, 0.717) is 39.3 Å². The van der Waals surface area contributed by atoms with Crippen LogP contribution in [0.3, 0.4) is 0 Å². The summed E-state index contributed by atoms with van der Waals surface area (Å²) in [4.78, 5) is 38.4. The van der Waals surface area contributed by atoms with Gasteiger partial charge in [-0.2, -0.15) is 0 Å². The highest BCUT2D eigenvalue weighted by molar-refractivity contribution is 7.09. The summed E-state index contributed by atoms with van der Waals surface area (Å²) < 4.78 is 5.69. The van der Waals surface area contributed by atoms with Gasteiger partial charge in [0.05, 0.1) is 4.88 Å². The van der Waals surface area contributed by atoms with Crippen LogP contribution in [-0.2, 0) is 16.0 Å². The molecule has 0 amide bonds. The fourth-order valence-electron chi connectivity index (χ4n) is 2.85. The SMILES string of the molecule is CC1=C(C)C(=O)C(COc2ccc(Cc3sc(=O)[nH]c3O)cc2)=C(C)C1=O. The minimum atomic E-state index is -0.294. The molecule has 1 aliphatic rings. The Morgan fingerprint density at radius 3 is 2.19 bits per heavy atom. The number of aromatic amines is 1. The third-order valence-corrected chi connectivity index (χ3v) is 5.55. The van der Waals surface area contributed by atoms with Gasteiger partial charge in [0.15, 0.2) is 11.6 Å². The number of aromatic hydroxyl groups is 1. The van der Waals surface area contributed by atoms with Gasteiger partial charge in [-0.05, 0) is 38.5 Å². The van der Waals surface area contributed by atoms with Crippen LogP contribution in [-0.4, -0.2) is 28.3 Å². The maximum atomic E-state index is 12.4. The number of rotatable bonds is 5. The van der Waals surface area contributed by atoms with E-state index >= 15 is 0 Å². The van der Waals surface area contributed by atoms with Crippen LogP contribution >= 0.6 is 11.3 Å². The Balaban J connectivity index is 1.69. The van der Waals surface area contributed by atoms with Crippen LogP contribution in [0.1, 0.15) is 31.2 Å². The molecule has 1 aromatic carbocycles. The zero-order valence-corrected chi connectivity index (χ0v) is 16.0. The molecule has 0 aliphatic heterocycles. The van der Waals surface area contributed by atoms with Crippen molar-refractivity contribution in [1.82, 2.24) is 4.98 Å². The maximum absolute atomic E-state index is 12.4. The Labute approximate surface area is 159 Å². The van der Waals surface area contributed by atoms with Gasteiger partial charge in [0, 0.05) is 28.7 Å². The second-order valence-corrected chi connectivity index (χ2v) is 7.48. The van der Waals surface area contributed by atoms with Gasteiger partial charge < -0.3 is 9.84 Å². The molecule has 27 heavy (non-hydrogen) atoms. The van der Waals surface area contributed by atoms with Crippen molar-refractivity contribution < 1.29 is 19.4 Å². The number of hydrogen-bond acceptors (Lipinski definition) is 6. The van der Waals surface area contributed by atoms with Gasteiger partial charge in [0.1, 0.15) is 12.4 Å². The third kappa shape index (κ3) is 3.78. The molecular weight excluding hydrogens is 366 g/mol. The molecule has 1 aromatic heterocycles. The summed E-state index contributed by atoms with van der Waals surface area (Å²) in [6.07, 6.45) is 0.427. The van der Waals surface area contributed by atoms with Gasteiger partial charge in [-0.15, -0.1) is 0 Å². The minimum absolute atomic E-state index is 0.0284. The van der Waals surface area contributed by atoms with Crippen molar-refractivity contribution in [3.05, 3.63) is 66.7 Å². The van der Waals surface area contributed by atoms with E-state index in [2.05, 4.69) is 4.98 Å². The highest BCUT2D eigenvalue weighted by Crippen LogP contribution is 2.26. The van der Waals surface area contributed by atoms with Crippen molar-refractivity contribution in [2.24, 2.45) is 0 Å². The molecule has 7 heteroatoms. The topological polar surface area (TPSA) is 96.5 Å². The van der Waals surface area contributed by atoms with Crippen molar-refractivity contribution in [3.8, 4) is 11.6 Å². The number of H-pyrrole nitrogens is 1. The molecule has 1 aliphatic carbocycles. The number of aromatic nitrogens is 1. The first kappa shape index (κ1) is 18.8. The zero-order chi connectivity index (χ0) is 19.7. The minimum Gasteiger partial charge on any atom is -0.494 e. The Bertz CT molecular complexity index is 1040. The van der Waals surface area contributed by atoms with Crippen LogP contribution in [0.2, 0.25) is 0 Å². The Morgan fingerprint density at radius 2 is 1.59 bits per heavy atom. The molecule has 2 aromatic rings. The van der Waals surface area contributed by atoms with Crippen molar-refractivity contribution in [2.75, 3.05) is 6.61 Å². The lowest BCUT2D eigenvalue weighted by atomic mass is 9.86. The molecule has 0 saturated carbocycles.